The molecular formula is C16H15F2N5O2. The van der Waals surface area contributed by atoms with Crippen LogP contribution in [-0.2, 0) is 11.2 Å². The van der Waals surface area contributed by atoms with Crippen molar-refractivity contribution in [3.63, 3.8) is 0 Å². The van der Waals surface area contributed by atoms with Crippen LogP contribution in [0.4, 0.5) is 14.6 Å². The molecule has 1 aliphatic rings. The summed E-state index contributed by atoms with van der Waals surface area (Å²) in [6.07, 6.45) is 0.170. The number of benzene rings is 1. The van der Waals surface area contributed by atoms with Gasteiger partial charge in [-0.2, -0.15) is 0 Å². The average molecular weight is 347 g/mol. The van der Waals surface area contributed by atoms with E-state index >= 15 is 0 Å². The minimum Gasteiger partial charge on any atom is -0.378 e. The van der Waals surface area contributed by atoms with E-state index in [9.17, 15) is 13.6 Å². The Bertz CT molecular complexity index is 978. The second kappa shape index (κ2) is 6.25. The lowest BCUT2D eigenvalue weighted by molar-refractivity contribution is 0.122. The Kier molecular flexibility index (Phi) is 3.92. The lowest BCUT2D eigenvalue weighted by atomic mass is 10.3. The molecule has 0 unspecified atom stereocenters. The molecule has 1 aliphatic heterocycles. The standard InChI is InChI=1S/C16H15F2N5O2/c17-9-5-10(18)16-11(6-9)19-12(22-16)7-13-20-14(8-15(24)21-13)23-1-3-25-4-2-23/h5-6,8H,1-4,7H2,(H,19,22)(H,20,21,24). The lowest BCUT2D eigenvalue weighted by Crippen LogP contribution is -2.37. The lowest BCUT2D eigenvalue weighted by Gasteiger charge is -2.27. The smallest absolute Gasteiger partial charge is 0.252 e. The van der Waals surface area contributed by atoms with Crippen molar-refractivity contribution < 1.29 is 13.5 Å². The topological polar surface area (TPSA) is 86.9 Å². The fourth-order valence-corrected chi connectivity index (χ4v) is 2.86. The summed E-state index contributed by atoms with van der Waals surface area (Å²) in [6.45, 7) is 2.48. The zero-order valence-corrected chi connectivity index (χ0v) is 13.2. The summed E-state index contributed by atoms with van der Waals surface area (Å²) in [5.41, 5.74) is 0.0436. The van der Waals surface area contributed by atoms with Crippen molar-refractivity contribution in [3.8, 4) is 0 Å². The molecule has 1 aromatic carbocycles. The molecular weight excluding hydrogens is 332 g/mol. The predicted molar refractivity (Wildman–Crippen MR) is 86.7 cm³/mol. The van der Waals surface area contributed by atoms with Gasteiger partial charge in [0.1, 0.15) is 28.8 Å². The molecule has 0 radical (unpaired) electrons. The Morgan fingerprint density at radius 3 is 2.64 bits per heavy atom. The van der Waals surface area contributed by atoms with E-state index in [1.54, 1.807) is 0 Å². The van der Waals surface area contributed by atoms with Crippen molar-refractivity contribution in [2.24, 2.45) is 0 Å². The minimum absolute atomic E-state index is 0.128. The van der Waals surface area contributed by atoms with Gasteiger partial charge in [0.25, 0.3) is 5.56 Å². The molecule has 0 bridgehead atoms. The van der Waals surface area contributed by atoms with Crippen LogP contribution in [0.1, 0.15) is 11.6 Å². The number of halogens is 2. The summed E-state index contributed by atoms with van der Waals surface area (Å²) in [7, 11) is 0. The molecule has 2 aromatic heterocycles. The fraction of sp³-hybridized carbons (Fsp3) is 0.312. The zero-order chi connectivity index (χ0) is 17.4. The van der Waals surface area contributed by atoms with Gasteiger partial charge in [-0.05, 0) is 0 Å². The van der Waals surface area contributed by atoms with Gasteiger partial charge >= 0.3 is 0 Å². The van der Waals surface area contributed by atoms with Gasteiger partial charge in [0, 0.05) is 31.3 Å². The highest BCUT2D eigenvalue weighted by Gasteiger charge is 2.15. The maximum atomic E-state index is 13.8. The van der Waals surface area contributed by atoms with Crippen molar-refractivity contribution >= 4 is 16.9 Å². The van der Waals surface area contributed by atoms with Gasteiger partial charge in [-0.1, -0.05) is 0 Å². The Hall–Kier alpha value is -2.81. The second-order valence-electron chi connectivity index (χ2n) is 5.79. The Morgan fingerprint density at radius 2 is 1.84 bits per heavy atom. The van der Waals surface area contributed by atoms with E-state index in [-0.39, 0.29) is 23.0 Å². The maximum Gasteiger partial charge on any atom is 0.252 e. The first-order valence-electron chi connectivity index (χ1n) is 7.85. The first-order chi connectivity index (χ1) is 12.1. The first kappa shape index (κ1) is 15.7. The van der Waals surface area contributed by atoms with Crippen molar-refractivity contribution in [1.82, 2.24) is 19.9 Å². The molecule has 7 nitrogen and oxygen atoms in total. The van der Waals surface area contributed by atoms with E-state index in [4.69, 9.17) is 4.74 Å². The van der Waals surface area contributed by atoms with Gasteiger partial charge in [-0.25, -0.2) is 18.7 Å². The first-order valence-corrected chi connectivity index (χ1v) is 7.85. The number of morpholine rings is 1. The molecule has 1 saturated heterocycles. The quantitative estimate of drug-likeness (QED) is 0.747. The summed E-state index contributed by atoms with van der Waals surface area (Å²) in [6, 6.07) is 3.38. The molecule has 1 fully saturated rings. The predicted octanol–water partition coefficient (Wildman–Crippen LogP) is 1.35. The average Bonchev–Trinajstić information content (AvgIpc) is 2.97. The normalized spacial score (nSPS) is 15.0. The Morgan fingerprint density at radius 1 is 1.08 bits per heavy atom. The summed E-state index contributed by atoms with van der Waals surface area (Å²) < 4.78 is 32.3. The molecule has 0 spiro atoms. The van der Waals surface area contributed by atoms with Gasteiger partial charge in [0.15, 0.2) is 5.82 Å². The number of anilines is 1. The van der Waals surface area contributed by atoms with Crippen LogP contribution in [0, 0.1) is 11.6 Å². The third-order valence-electron chi connectivity index (χ3n) is 4.01. The third-order valence-corrected chi connectivity index (χ3v) is 4.01. The molecule has 0 saturated carbocycles. The summed E-state index contributed by atoms with van der Waals surface area (Å²) in [5, 5.41) is 0. The Balaban J connectivity index is 1.65. The molecule has 0 amide bonds. The Labute approximate surface area is 140 Å². The van der Waals surface area contributed by atoms with Crippen LogP contribution >= 0.6 is 0 Å². The van der Waals surface area contributed by atoms with E-state index in [0.717, 1.165) is 12.1 Å². The number of nitrogens with one attached hydrogen (secondary N) is 2. The van der Waals surface area contributed by atoms with Crippen LogP contribution in [-0.4, -0.2) is 46.2 Å². The molecule has 3 aromatic rings. The molecule has 25 heavy (non-hydrogen) atoms. The highest BCUT2D eigenvalue weighted by Crippen LogP contribution is 2.18. The largest absolute Gasteiger partial charge is 0.378 e. The maximum absolute atomic E-state index is 13.8. The number of rotatable bonds is 3. The van der Waals surface area contributed by atoms with E-state index in [1.165, 1.54) is 6.07 Å². The van der Waals surface area contributed by atoms with E-state index in [2.05, 4.69) is 19.9 Å². The van der Waals surface area contributed by atoms with Crippen LogP contribution in [0.2, 0.25) is 0 Å². The minimum atomic E-state index is -0.711. The van der Waals surface area contributed by atoms with Crippen molar-refractivity contribution in [2.75, 3.05) is 31.2 Å². The summed E-state index contributed by atoms with van der Waals surface area (Å²) >= 11 is 0. The van der Waals surface area contributed by atoms with Crippen LogP contribution < -0.4 is 10.5 Å². The molecule has 2 N–H and O–H groups in total. The second-order valence-corrected chi connectivity index (χ2v) is 5.79. The van der Waals surface area contributed by atoms with E-state index in [1.807, 2.05) is 4.90 Å². The molecule has 0 atom stereocenters. The number of hydrogen-bond donors (Lipinski definition) is 2. The van der Waals surface area contributed by atoms with Gasteiger partial charge in [0.2, 0.25) is 0 Å². The number of nitrogens with zero attached hydrogens (tertiary/aromatic N) is 3. The van der Waals surface area contributed by atoms with Gasteiger partial charge in [0.05, 0.1) is 25.2 Å². The SMILES string of the molecule is O=c1cc(N2CCOCC2)nc(Cc2nc3cc(F)cc(F)c3[nH]2)[nH]1. The molecule has 3 heterocycles. The molecule has 130 valence electrons. The van der Waals surface area contributed by atoms with Crippen LogP contribution in [0.25, 0.3) is 11.0 Å². The number of fused-ring (bicyclic) bond motifs is 1. The molecule has 0 aliphatic carbocycles. The summed E-state index contributed by atoms with van der Waals surface area (Å²) in [4.78, 5) is 28.0. The van der Waals surface area contributed by atoms with Crippen molar-refractivity contribution in [2.45, 2.75) is 6.42 Å². The number of imidazole rings is 1. The van der Waals surface area contributed by atoms with E-state index in [0.29, 0.717) is 43.8 Å². The number of aromatic nitrogens is 4. The fourth-order valence-electron chi connectivity index (χ4n) is 2.86. The molecule has 9 heteroatoms. The summed E-state index contributed by atoms with van der Waals surface area (Å²) in [5.74, 6) is -0.0488. The van der Waals surface area contributed by atoms with Crippen LogP contribution in [0.5, 0.6) is 0 Å². The molecule has 4 rings (SSSR count). The zero-order valence-electron chi connectivity index (χ0n) is 13.2. The van der Waals surface area contributed by atoms with Gasteiger partial charge in [-0.15, -0.1) is 0 Å². The van der Waals surface area contributed by atoms with E-state index < -0.39 is 11.6 Å². The van der Waals surface area contributed by atoms with Gasteiger partial charge in [-0.3, -0.25) is 4.79 Å². The van der Waals surface area contributed by atoms with Crippen molar-refractivity contribution in [3.05, 3.63) is 51.8 Å². The number of hydrogen-bond acceptors (Lipinski definition) is 5. The monoisotopic (exact) mass is 347 g/mol. The third kappa shape index (κ3) is 3.22. The van der Waals surface area contributed by atoms with Crippen LogP contribution in [0.15, 0.2) is 23.0 Å². The number of ether oxygens (including phenoxy) is 1. The van der Waals surface area contributed by atoms with Crippen LogP contribution in [0.3, 0.4) is 0 Å². The number of H-pyrrole nitrogens is 2. The number of aromatic amines is 2. The van der Waals surface area contributed by atoms with Gasteiger partial charge < -0.3 is 19.6 Å². The highest BCUT2D eigenvalue weighted by molar-refractivity contribution is 5.75. The highest BCUT2D eigenvalue weighted by atomic mass is 19.1. The van der Waals surface area contributed by atoms with Crippen molar-refractivity contribution in [1.29, 1.82) is 0 Å².